The lowest BCUT2D eigenvalue weighted by Crippen LogP contribution is -2.16. The molecule has 1 aromatic carbocycles. The molecule has 1 aromatic heterocycles. The van der Waals surface area contributed by atoms with Crippen LogP contribution in [0.25, 0.3) is 0 Å². The second kappa shape index (κ2) is 5.90. The van der Waals surface area contributed by atoms with Crippen molar-refractivity contribution in [3.8, 4) is 0 Å². The Balaban J connectivity index is 2.42. The number of nitrogen functional groups attached to an aromatic ring is 1. The van der Waals surface area contributed by atoms with Gasteiger partial charge >= 0.3 is 0 Å². The van der Waals surface area contributed by atoms with Gasteiger partial charge in [0.1, 0.15) is 18.0 Å². The number of aryl methyl sites for hydroxylation is 1. The highest BCUT2D eigenvalue weighted by Gasteiger charge is 2.17. The van der Waals surface area contributed by atoms with Gasteiger partial charge in [0.25, 0.3) is 0 Å². The van der Waals surface area contributed by atoms with Crippen LogP contribution in [0.5, 0.6) is 0 Å². The van der Waals surface area contributed by atoms with Crippen molar-refractivity contribution in [2.45, 2.75) is 33.1 Å². The molecular weight excluding hydrogens is 248 g/mol. The number of hydrogen-bond acceptors (Lipinski definition) is 4. The summed E-state index contributed by atoms with van der Waals surface area (Å²) < 4.78 is 0. The first kappa shape index (κ1) is 14.3. The summed E-state index contributed by atoms with van der Waals surface area (Å²) in [6, 6.07) is 8.51. The molecule has 0 unspecified atom stereocenters. The SMILES string of the molecule is CCc1ccc(N(C)c2ncnc(N)c2C(C)C)cc1. The minimum Gasteiger partial charge on any atom is -0.383 e. The molecule has 0 saturated heterocycles. The Hall–Kier alpha value is -2.10. The summed E-state index contributed by atoms with van der Waals surface area (Å²) in [6.45, 7) is 6.36. The lowest BCUT2D eigenvalue weighted by molar-refractivity contribution is 0.844. The van der Waals surface area contributed by atoms with Crippen LogP contribution in [-0.2, 0) is 6.42 Å². The maximum absolute atomic E-state index is 6.01. The minimum absolute atomic E-state index is 0.281. The summed E-state index contributed by atoms with van der Waals surface area (Å²) in [7, 11) is 2.01. The van der Waals surface area contributed by atoms with Crippen molar-refractivity contribution in [3.05, 3.63) is 41.7 Å². The molecule has 0 atom stereocenters. The molecular formula is C16H22N4. The molecule has 1 heterocycles. The number of hydrogen-bond donors (Lipinski definition) is 1. The van der Waals surface area contributed by atoms with Crippen molar-refractivity contribution in [1.29, 1.82) is 0 Å². The average Bonchev–Trinajstić information content (AvgIpc) is 2.46. The molecule has 0 radical (unpaired) electrons. The van der Waals surface area contributed by atoms with Crippen LogP contribution in [0.2, 0.25) is 0 Å². The molecule has 2 rings (SSSR count). The van der Waals surface area contributed by atoms with E-state index in [1.165, 1.54) is 11.9 Å². The standard InChI is InChI=1S/C16H22N4/c1-5-12-6-8-13(9-7-12)20(4)16-14(11(2)3)15(17)18-10-19-16/h6-11H,5H2,1-4H3,(H2,17,18,19). The van der Waals surface area contributed by atoms with Crippen molar-refractivity contribution in [2.75, 3.05) is 17.7 Å². The predicted molar refractivity (Wildman–Crippen MR) is 84.4 cm³/mol. The molecule has 4 nitrogen and oxygen atoms in total. The zero-order valence-corrected chi connectivity index (χ0v) is 12.6. The van der Waals surface area contributed by atoms with Crippen LogP contribution in [-0.4, -0.2) is 17.0 Å². The van der Waals surface area contributed by atoms with E-state index in [9.17, 15) is 0 Å². The first-order valence-electron chi connectivity index (χ1n) is 6.97. The summed E-state index contributed by atoms with van der Waals surface area (Å²) in [5.74, 6) is 1.71. The smallest absolute Gasteiger partial charge is 0.141 e. The highest BCUT2D eigenvalue weighted by molar-refractivity contribution is 5.66. The Morgan fingerprint density at radius 3 is 2.35 bits per heavy atom. The van der Waals surface area contributed by atoms with Gasteiger partial charge in [0, 0.05) is 18.3 Å². The first-order valence-corrected chi connectivity index (χ1v) is 6.97. The molecule has 20 heavy (non-hydrogen) atoms. The number of rotatable bonds is 4. The summed E-state index contributed by atoms with van der Waals surface area (Å²) in [6.07, 6.45) is 2.56. The summed E-state index contributed by atoms with van der Waals surface area (Å²) in [4.78, 5) is 10.6. The van der Waals surface area contributed by atoms with Gasteiger partial charge in [-0.1, -0.05) is 32.9 Å². The number of nitrogens with zero attached hydrogens (tertiary/aromatic N) is 3. The van der Waals surface area contributed by atoms with E-state index in [1.54, 1.807) is 0 Å². The van der Waals surface area contributed by atoms with Crippen LogP contribution >= 0.6 is 0 Å². The molecule has 0 amide bonds. The van der Waals surface area contributed by atoms with Crippen LogP contribution in [0.1, 0.15) is 37.8 Å². The molecule has 0 aliphatic heterocycles. The fraction of sp³-hybridized carbons (Fsp3) is 0.375. The van der Waals surface area contributed by atoms with E-state index in [2.05, 4.69) is 59.9 Å². The molecule has 0 bridgehead atoms. The van der Waals surface area contributed by atoms with Gasteiger partial charge in [-0.15, -0.1) is 0 Å². The second-order valence-electron chi connectivity index (χ2n) is 5.23. The lowest BCUT2D eigenvalue weighted by Gasteiger charge is -2.23. The molecule has 2 N–H and O–H groups in total. The maximum atomic E-state index is 6.01. The molecule has 0 aliphatic carbocycles. The quantitative estimate of drug-likeness (QED) is 0.923. The van der Waals surface area contributed by atoms with Gasteiger partial charge in [-0.25, -0.2) is 9.97 Å². The fourth-order valence-corrected chi connectivity index (χ4v) is 2.30. The zero-order chi connectivity index (χ0) is 14.7. The third-order valence-electron chi connectivity index (χ3n) is 3.52. The topological polar surface area (TPSA) is 55.0 Å². The lowest BCUT2D eigenvalue weighted by atomic mass is 10.0. The van der Waals surface area contributed by atoms with E-state index in [1.807, 2.05) is 7.05 Å². The van der Waals surface area contributed by atoms with Gasteiger partial charge in [-0.3, -0.25) is 0 Å². The van der Waals surface area contributed by atoms with Crippen LogP contribution in [0.15, 0.2) is 30.6 Å². The van der Waals surface area contributed by atoms with Crippen LogP contribution in [0.4, 0.5) is 17.3 Å². The largest absolute Gasteiger partial charge is 0.383 e. The van der Waals surface area contributed by atoms with Crippen molar-refractivity contribution in [1.82, 2.24) is 9.97 Å². The highest BCUT2D eigenvalue weighted by atomic mass is 15.2. The molecule has 0 spiro atoms. The Bertz CT molecular complexity index is 576. The van der Waals surface area contributed by atoms with Crippen LogP contribution < -0.4 is 10.6 Å². The second-order valence-corrected chi connectivity index (χ2v) is 5.23. The number of nitrogens with two attached hydrogens (primary N) is 1. The Kier molecular flexibility index (Phi) is 4.23. The number of anilines is 3. The van der Waals surface area contributed by atoms with E-state index < -0.39 is 0 Å². The summed E-state index contributed by atoms with van der Waals surface area (Å²) in [5, 5.41) is 0. The van der Waals surface area contributed by atoms with Crippen molar-refractivity contribution >= 4 is 17.3 Å². The van der Waals surface area contributed by atoms with Gasteiger partial charge in [-0.2, -0.15) is 0 Å². The Labute approximate surface area is 120 Å². The van der Waals surface area contributed by atoms with Gasteiger partial charge < -0.3 is 10.6 Å². The average molecular weight is 270 g/mol. The van der Waals surface area contributed by atoms with Gasteiger partial charge in [0.15, 0.2) is 0 Å². The van der Waals surface area contributed by atoms with E-state index in [-0.39, 0.29) is 5.92 Å². The van der Waals surface area contributed by atoms with E-state index >= 15 is 0 Å². The Morgan fingerprint density at radius 1 is 1.15 bits per heavy atom. The summed E-state index contributed by atoms with van der Waals surface area (Å²) in [5.41, 5.74) is 9.43. The maximum Gasteiger partial charge on any atom is 0.141 e. The van der Waals surface area contributed by atoms with Gasteiger partial charge in [0.05, 0.1) is 0 Å². The van der Waals surface area contributed by atoms with Gasteiger partial charge in [-0.05, 0) is 30.0 Å². The highest BCUT2D eigenvalue weighted by Crippen LogP contribution is 2.32. The Morgan fingerprint density at radius 2 is 1.80 bits per heavy atom. The molecule has 2 aromatic rings. The normalized spacial score (nSPS) is 10.8. The van der Waals surface area contributed by atoms with Crippen LogP contribution in [0, 0.1) is 0 Å². The molecule has 0 fully saturated rings. The number of aromatic nitrogens is 2. The summed E-state index contributed by atoms with van der Waals surface area (Å²) >= 11 is 0. The van der Waals surface area contributed by atoms with E-state index in [0.717, 1.165) is 23.5 Å². The fourth-order valence-electron chi connectivity index (χ4n) is 2.30. The zero-order valence-electron chi connectivity index (χ0n) is 12.6. The van der Waals surface area contributed by atoms with Crippen molar-refractivity contribution in [3.63, 3.8) is 0 Å². The van der Waals surface area contributed by atoms with Crippen molar-refractivity contribution < 1.29 is 0 Å². The van der Waals surface area contributed by atoms with E-state index in [0.29, 0.717) is 5.82 Å². The van der Waals surface area contributed by atoms with E-state index in [4.69, 9.17) is 5.73 Å². The predicted octanol–water partition coefficient (Wildman–Crippen LogP) is 3.51. The molecule has 0 aliphatic rings. The molecule has 0 saturated carbocycles. The van der Waals surface area contributed by atoms with Crippen molar-refractivity contribution in [2.24, 2.45) is 0 Å². The molecule has 4 heteroatoms. The first-order chi connectivity index (χ1) is 9.54. The monoisotopic (exact) mass is 270 g/mol. The third kappa shape index (κ3) is 2.74. The minimum atomic E-state index is 0.281. The molecule has 106 valence electrons. The number of benzene rings is 1. The van der Waals surface area contributed by atoms with Crippen LogP contribution in [0.3, 0.4) is 0 Å². The van der Waals surface area contributed by atoms with Gasteiger partial charge in [0.2, 0.25) is 0 Å². The third-order valence-corrected chi connectivity index (χ3v) is 3.52.